The zero-order chi connectivity index (χ0) is 16.1. The van der Waals surface area contributed by atoms with Crippen molar-refractivity contribution in [2.45, 2.75) is 0 Å². The topological polar surface area (TPSA) is 46.6 Å². The Labute approximate surface area is 134 Å². The number of amides is 1. The van der Waals surface area contributed by atoms with Crippen molar-refractivity contribution in [2.24, 2.45) is 0 Å². The molecule has 2 rings (SSSR count). The van der Waals surface area contributed by atoms with Gasteiger partial charge in [-0.25, -0.2) is 0 Å². The van der Waals surface area contributed by atoms with Gasteiger partial charge in [-0.2, -0.15) is 0 Å². The Bertz CT molecular complexity index is 684. The molecule has 0 N–H and O–H groups in total. The first-order valence-corrected chi connectivity index (χ1v) is 7.09. The first-order chi connectivity index (χ1) is 10.5. The fourth-order valence-corrected chi connectivity index (χ4v) is 1.99. The van der Waals surface area contributed by atoms with Gasteiger partial charge >= 0.3 is 0 Å². The van der Waals surface area contributed by atoms with Crippen LogP contribution in [0.4, 0.5) is 0 Å². The number of hydrogen-bond donors (Lipinski definition) is 0. The molecule has 5 heteroatoms. The van der Waals surface area contributed by atoms with E-state index < -0.39 is 0 Å². The van der Waals surface area contributed by atoms with Gasteiger partial charge in [0.1, 0.15) is 5.75 Å². The third-order valence-electron chi connectivity index (χ3n) is 3.07. The standard InChI is InChI=1S/C17H16ClNO3/c1-19(2)16(20)11-22-15-9-8-13(18)10-14(15)17(21)12-6-4-3-5-7-12/h3-10H,11H2,1-2H3. The highest BCUT2D eigenvalue weighted by Gasteiger charge is 2.16. The summed E-state index contributed by atoms with van der Waals surface area (Å²) in [6.07, 6.45) is 0. The number of benzene rings is 2. The second-order valence-corrected chi connectivity index (χ2v) is 5.35. The summed E-state index contributed by atoms with van der Waals surface area (Å²) in [4.78, 5) is 25.6. The molecule has 0 aromatic heterocycles. The van der Waals surface area contributed by atoms with Gasteiger partial charge in [0.15, 0.2) is 12.4 Å². The van der Waals surface area contributed by atoms with E-state index in [0.29, 0.717) is 21.9 Å². The zero-order valence-corrected chi connectivity index (χ0v) is 13.1. The van der Waals surface area contributed by atoms with Gasteiger partial charge in [-0.1, -0.05) is 41.9 Å². The van der Waals surface area contributed by atoms with Gasteiger partial charge in [0.05, 0.1) is 5.56 Å². The van der Waals surface area contributed by atoms with Crippen molar-refractivity contribution in [1.29, 1.82) is 0 Å². The lowest BCUT2D eigenvalue weighted by atomic mass is 10.0. The van der Waals surface area contributed by atoms with Crippen LogP contribution in [0.3, 0.4) is 0 Å². The van der Waals surface area contributed by atoms with E-state index in [4.69, 9.17) is 16.3 Å². The summed E-state index contributed by atoms with van der Waals surface area (Å²) in [7, 11) is 3.28. The molecule has 0 aliphatic carbocycles. The molecule has 2 aromatic rings. The van der Waals surface area contributed by atoms with E-state index >= 15 is 0 Å². The van der Waals surface area contributed by atoms with Gasteiger partial charge in [-0.3, -0.25) is 9.59 Å². The lowest BCUT2D eigenvalue weighted by Gasteiger charge is -2.14. The van der Waals surface area contributed by atoms with Gasteiger partial charge in [-0.05, 0) is 18.2 Å². The summed E-state index contributed by atoms with van der Waals surface area (Å²) in [5, 5.41) is 0.436. The molecule has 0 heterocycles. The molecule has 0 spiro atoms. The largest absolute Gasteiger partial charge is 0.483 e. The van der Waals surface area contributed by atoms with Crippen molar-refractivity contribution in [2.75, 3.05) is 20.7 Å². The number of ether oxygens (including phenoxy) is 1. The highest BCUT2D eigenvalue weighted by atomic mass is 35.5. The van der Waals surface area contributed by atoms with E-state index in [-0.39, 0.29) is 18.3 Å². The van der Waals surface area contributed by atoms with Crippen LogP contribution in [0, 0.1) is 0 Å². The van der Waals surface area contributed by atoms with Crippen LogP contribution in [-0.2, 0) is 4.79 Å². The monoisotopic (exact) mass is 317 g/mol. The Hall–Kier alpha value is -2.33. The third-order valence-corrected chi connectivity index (χ3v) is 3.31. The Kier molecular flexibility index (Phi) is 5.17. The summed E-state index contributed by atoms with van der Waals surface area (Å²) in [6.45, 7) is -0.135. The number of rotatable bonds is 5. The number of nitrogens with zero attached hydrogens (tertiary/aromatic N) is 1. The lowest BCUT2D eigenvalue weighted by molar-refractivity contribution is -0.130. The quantitative estimate of drug-likeness (QED) is 0.796. The molecule has 0 saturated heterocycles. The first kappa shape index (κ1) is 16.0. The number of hydrogen-bond acceptors (Lipinski definition) is 3. The number of halogens is 1. The van der Waals surface area contributed by atoms with Crippen LogP contribution in [0.15, 0.2) is 48.5 Å². The number of ketones is 1. The molecule has 114 valence electrons. The second kappa shape index (κ2) is 7.09. The minimum atomic E-state index is -0.199. The molecule has 2 aromatic carbocycles. The van der Waals surface area contributed by atoms with Crippen LogP contribution in [0.2, 0.25) is 5.02 Å². The minimum Gasteiger partial charge on any atom is -0.483 e. The maximum Gasteiger partial charge on any atom is 0.259 e. The zero-order valence-electron chi connectivity index (χ0n) is 12.4. The van der Waals surface area contributed by atoms with Crippen LogP contribution in [-0.4, -0.2) is 37.3 Å². The maximum atomic E-state index is 12.6. The predicted octanol–water partition coefficient (Wildman–Crippen LogP) is 3.04. The molecular formula is C17H16ClNO3. The minimum absolute atomic E-state index is 0.135. The third kappa shape index (κ3) is 3.86. The highest BCUT2D eigenvalue weighted by Crippen LogP contribution is 2.25. The molecule has 0 bridgehead atoms. The van der Waals surface area contributed by atoms with E-state index in [0.717, 1.165) is 0 Å². The molecule has 0 aliphatic rings. The maximum absolute atomic E-state index is 12.6. The Morgan fingerprint density at radius 3 is 2.41 bits per heavy atom. The van der Waals surface area contributed by atoms with Crippen molar-refractivity contribution in [1.82, 2.24) is 4.90 Å². The fourth-order valence-electron chi connectivity index (χ4n) is 1.82. The number of carbonyl (C=O) groups excluding carboxylic acids is 2. The summed E-state index contributed by atoms with van der Waals surface area (Å²) >= 11 is 5.98. The van der Waals surface area contributed by atoms with E-state index in [9.17, 15) is 9.59 Å². The molecule has 4 nitrogen and oxygen atoms in total. The van der Waals surface area contributed by atoms with Crippen LogP contribution < -0.4 is 4.74 Å². The van der Waals surface area contributed by atoms with Crippen molar-refractivity contribution in [3.8, 4) is 5.75 Å². The van der Waals surface area contributed by atoms with Gasteiger partial charge in [-0.15, -0.1) is 0 Å². The molecular weight excluding hydrogens is 302 g/mol. The molecule has 1 amide bonds. The van der Waals surface area contributed by atoms with E-state index in [1.54, 1.807) is 56.6 Å². The highest BCUT2D eigenvalue weighted by molar-refractivity contribution is 6.31. The molecule has 0 unspecified atom stereocenters. The van der Waals surface area contributed by atoms with Crippen molar-refractivity contribution >= 4 is 23.3 Å². The van der Waals surface area contributed by atoms with Crippen molar-refractivity contribution in [3.63, 3.8) is 0 Å². The van der Waals surface area contributed by atoms with Gasteiger partial charge < -0.3 is 9.64 Å². The van der Waals surface area contributed by atoms with Gasteiger partial charge in [0.25, 0.3) is 5.91 Å². The Morgan fingerprint density at radius 1 is 1.09 bits per heavy atom. The number of likely N-dealkylation sites (N-methyl/N-ethyl adjacent to an activating group) is 1. The normalized spacial score (nSPS) is 10.1. The Morgan fingerprint density at radius 2 is 1.77 bits per heavy atom. The summed E-state index contributed by atoms with van der Waals surface area (Å²) in [6, 6.07) is 13.6. The average Bonchev–Trinajstić information content (AvgIpc) is 2.53. The van der Waals surface area contributed by atoms with Crippen molar-refractivity contribution < 1.29 is 14.3 Å². The van der Waals surface area contributed by atoms with Crippen LogP contribution in [0.25, 0.3) is 0 Å². The molecule has 0 radical (unpaired) electrons. The van der Waals surface area contributed by atoms with E-state index in [1.165, 1.54) is 4.90 Å². The average molecular weight is 318 g/mol. The molecule has 0 saturated carbocycles. The first-order valence-electron chi connectivity index (χ1n) is 6.71. The summed E-state index contributed by atoms with van der Waals surface area (Å²) in [5.41, 5.74) is 0.874. The van der Waals surface area contributed by atoms with E-state index in [2.05, 4.69) is 0 Å². The smallest absolute Gasteiger partial charge is 0.259 e. The SMILES string of the molecule is CN(C)C(=O)COc1ccc(Cl)cc1C(=O)c1ccccc1. The van der Waals surface area contributed by atoms with Crippen LogP contribution in [0.1, 0.15) is 15.9 Å². The van der Waals surface area contributed by atoms with E-state index in [1.807, 2.05) is 6.07 Å². The van der Waals surface area contributed by atoms with Gasteiger partial charge in [0.2, 0.25) is 0 Å². The van der Waals surface area contributed by atoms with Crippen LogP contribution >= 0.6 is 11.6 Å². The molecule has 22 heavy (non-hydrogen) atoms. The Balaban J connectivity index is 2.28. The molecule has 0 aliphatic heterocycles. The van der Waals surface area contributed by atoms with Crippen molar-refractivity contribution in [3.05, 3.63) is 64.7 Å². The second-order valence-electron chi connectivity index (χ2n) is 4.91. The molecule has 0 fully saturated rings. The molecule has 0 atom stereocenters. The summed E-state index contributed by atoms with van der Waals surface area (Å²) < 4.78 is 5.49. The van der Waals surface area contributed by atoms with Gasteiger partial charge in [0, 0.05) is 24.7 Å². The predicted molar refractivity (Wildman–Crippen MR) is 85.5 cm³/mol. The van der Waals surface area contributed by atoms with Crippen LogP contribution in [0.5, 0.6) is 5.75 Å². The fraction of sp³-hybridized carbons (Fsp3) is 0.176. The summed E-state index contributed by atoms with van der Waals surface area (Å²) in [5.74, 6) is -0.0445. The number of carbonyl (C=O) groups is 2. The lowest BCUT2D eigenvalue weighted by Crippen LogP contribution is -2.27.